The number of aliphatic hydroxyl groups is 1. The zero-order valence-electron chi connectivity index (χ0n) is 15.7. The highest BCUT2D eigenvalue weighted by Gasteiger charge is 2.58. The first-order chi connectivity index (χ1) is 11.3. The van der Waals surface area contributed by atoms with Gasteiger partial charge in [0.15, 0.2) is 5.78 Å². The Kier molecular flexibility index (Phi) is 3.66. The Morgan fingerprint density at radius 2 is 1.83 bits per heavy atom. The Hall–Kier alpha value is -0.890. The van der Waals surface area contributed by atoms with Gasteiger partial charge in [0.25, 0.3) is 0 Å². The third-order valence-electron chi connectivity index (χ3n) is 8.34. The molecule has 0 aliphatic heterocycles. The molecule has 6 atom stereocenters. The number of rotatable bonds is 1. The zero-order chi connectivity index (χ0) is 17.3. The van der Waals surface area contributed by atoms with E-state index >= 15 is 0 Å². The minimum atomic E-state index is -0.130. The number of hydrogen-bond donors (Lipinski definition) is 1. The monoisotopic (exact) mass is 328 g/mol. The molecule has 2 nitrogen and oxygen atoms in total. The molecule has 0 bridgehead atoms. The van der Waals surface area contributed by atoms with Crippen molar-refractivity contribution >= 4 is 5.78 Å². The normalized spacial score (nSPS) is 47.6. The van der Waals surface area contributed by atoms with E-state index in [-0.39, 0.29) is 16.9 Å². The standard InChI is InChI=1S/C22H32O2/c1-13-11-19-17-6-5-15-12-16(24)7-9-21(15,3)18(17)8-10-22(19,4)20(13)14(2)23/h5,16-19,24H,6-12H2,1-4H3/t16-,17+,18+,19-,21-,22-/m0/s1. The second-order valence-electron chi connectivity index (χ2n) is 9.53. The second kappa shape index (κ2) is 5.30. The summed E-state index contributed by atoms with van der Waals surface area (Å²) in [4.78, 5) is 12.3. The summed E-state index contributed by atoms with van der Waals surface area (Å²) in [5.74, 6) is 2.38. The van der Waals surface area contributed by atoms with E-state index in [4.69, 9.17) is 0 Å². The van der Waals surface area contributed by atoms with E-state index in [1.54, 1.807) is 6.92 Å². The van der Waals surface area contributed by atoms with Gasteiger partial charge in [0.05, 0.1) is 6.10 Å². The van der Waals surface area contributed by atoms with Crippen LogP contribution in [0.4, 0.5) is 0 Å². The van der Waals surface area contributed by atoms with Crippen LogP contribution >= 0.6 is 0 Å². The Labute approximate surface area is 146 Å². The van der Waals surface area contributed by atoms with Gasteiger partial charge in [0, 0.05) is 0 Å². The van der Waals surface area contributed by atoms with Crippen molar-refractivity contribution < 1.29 is 9.90 Å². The fraction of sp³-hybridized carbons (Fsp3) is 0.773. The van der Waals surface area contributed by atoms with E-state index in [0.29, 0.717) is 17.6 Å². The molecule has 2 fully saturated rings. The molecule has 0 saturated heterocycles. The van der Waals surface area contributed by atoms with Crippen LogP contribution in [0.5, 0.6) is 0 Å². The van der Waals surface area contributed by atoms with Crippen molar-refractivity contribution in [1.29, 1.82) is 0 Å². The van der Waals surface area contributed by atoms with Crippen molar-refractivity contribution in [3.63, 3.8) is 0 Å². The van der Waals surface area contributed by atoms with Crippen molar-refractivity contribution in [2.45, 2.75) is 78.7 Å². The van der Waals surface area contributed by atoms with Crippen molar-refractivity contribution in [3.05, 3.63) is 22.8 Å². The maximum Gasteiger partial charge on any atom is 0.156 e. The Morgan fingerprint density at radius 1 is 1.12 bits per heavy atom. The molecule has 0 aromatic heterocycles. The molecule has 0 amide bonds. The SMILES string of the molecule is CC(=O)C1=C(C)C[C@H]2[C@@H]3CC=C4C[C@@H](O)CC[C@]4(C)[C@@H]3CC[C@]12C. The van der Waals surface area contributed by atoms with Crippen LogP contribution in [0, 0.1) is 28.6 Å². The predicted octanol–water partition coefficient (Wildman–Crippen LogP) is 4.83. The van der Waals surface area contributed by atoms with Crippen LogP contribution in [0.15, 0.2) is 22.8 Å². The number of aliphatic hydroxyl groups excluding tert-OH is 1. The summed E-state index contributed by atoms with van der Waals surface area (Å²) < 4.78 is 0. The largest absolute Gasteiger partial charge is 0.393 e. The van der Waals surface area contributed by atoms with Crippen molar-refractivity contribution in [3.8, 4) is 0 Å². The minimum Gasteiger partial charge on any atom is -0.393 e. The Bertz CT molecular complexity index is 642. The van der Waals surface area contributed by atoms with Gasteiger partial charge in [-0.05, 0) is 93.0 Å². The molecule has 4 aliphatic carbocycles. The molecule has 4 aliphatic rings. The number of carbonyl (C=O) groups is 1. The first-order valence-electron chi connectivity index (χ1n) is 9.86. The van der Waals surface area contributed by atoms with E-state index in [9.17, 15) is 9.90 Å². The third-order valence-corrected chi connectivity index (χ3v) is 8.34. The highest BCUT2D eigenvalue weighted by molar-refractivity contribution is 5.96. The lowest BCUT2D eigenvalue weighted by Gasteiger charge is -2.57. The number of Topliss-reactive ketones (excluding diaryl/α,β-unsaturated/α-hetero) is 1. The maximum atomic E-state index is 12.3. The molecule has 24 heavy (non-hydrogen) atoms. The molecule has 2 heteroatoms. The number of fused-ring (bicyclic) bond motifs is 5. The van der Waals surface area contributed by atoms with Crippen molar-refractivity contribution in [2.24, 2.45) is 28.6 Å². The maximum absolute atomic E-state index is 12.3. The fourth-order valence-electron chi connectivity index (χ4n) is 7.27. The summed E-state index contributed by atoms with van der Waals surface area (Å²) in [5.41, 5.74) is 4.43. The van der Waals surface area contributed by atoms with Gasteiger partial charge in [-0.15, -0.1) is 0 Å². The lowest BCUT2D eigenvalue weighted by molar-refractivity contribution is -0.115. The third kappa shape index (κ3) is 2.08. The van der Waals surface area contributed by atoms with Crippen molar-refractivity contribution in [2.75, 3.05) is 0 Å². The number of ketones is 1. The summed E-state index contributed by atoms with van der Waals surface area (Å²) >= 11 is 0. The first kappa shape index (κ1) is 16.6. The summed E-state index contributed by atoms with van der Waals surface area (Å²) in [6.45, 7) is 8.79. The molecule has 4 rings (SSSR count). The van der Waals surface area contributed by atoms with E-state index in [2.05, 4.69) is 26.8 Å². The Balaban J connectivity index is 1.70. The lowest BCUT2D eigenvalue weighted by Crippen LogP contribution is -2.50. The molecule has 0 aromatic rings. The summed E-state index contributed by atoms with van der Waals surface area (Å²) in [6.07, 6.45) is 9.99. The van der Waals surface area contributed by atoms with Crippen LogP contribution in [-0.4, -0.2) is 17.0 Å². The predicted molar refractivity (Wildman–Crippen MR) is 96.5 cm³/mol. The fourth-order valence-corrected chi connectivity index (χ4v) is 7.27. The van der Waals surface area contributed by atoms with Crippen LogP contribution in [0.2, 0.25) is 0 Å². The van der Waals surface area contributed by atoms with Gasteiger partial charge >= 0.3 is 0 Å². The quantitative estimate of drug-likeness (QED) is 0.700. The molecule has 0 unspecified atom stereocenters. The van der Waals surface area contributed by atoms with Gasteiger partial charge in [0.1, 0.15) is 0 Å². The van der Waals surface area contributed by atoms with Gasteiger partial charge in [-0.25, -0.2) is 0 Å². The van der Waals surface area contributed by atoms with Crippen LogP contribution in [0.25, 0.3) is 0 Å². The zero-order valence-corrected chi connectivity index (χ0v) is 15.7. The number of allylic oxidation sites excluding steroid dienone is 3. The molecular formula is C22H32O2. The minimum absolute atomic E-state index is 0.104. The lowest BCUT2D eigenvalue weighted by atomic mass is 9.47. The molecule has 0 heterocycles. The number of carbonyl (C=O) groups excluding carboxylic acids is 1. The van der Waals surface area contributed by atoms with E-state index < -0.39 is 0 Å². The topological polar surface area (TPSA) is 37.3 Å². The molecular weight excluding hydrogens is 296 g/mol. The smallest absolute Gasteiger partial charge is 0.156 e. The average molecular weight is 328 g/mol. The van der Waals surface area contributed by atoms with E-state index in [1.807, 2.05) is 0 Å². The van der Waals surface area contributed by atoms with Gasteiger partial charge in [-0.3, -0.25) is 4.79 Å². The van der Waals surface area contributed by atoms with Crippen molar-refractivity contribution in [1.82, 2.24) is 0 Å². The molecule has 0 aromatic carbocycles. The van der Waals surface area contributed by atoms with Gasteiger partial charge in [0.2, 0.25) is 0 Å². The van der Waals surface area contributed by atoms with Crippen LogP contribution < -0.4 is 0 Å². The summed E-state index contributed by atoms with van der Waals surface area (Å²) in [7, 11) is 0. The highest BCUT2D eigenvalue weighted by atomic mass is 16.3. The molecule has 2 saturated carbocycles. The number of hydrogen-bond acceptors (Lipinski definition) is 2. The molecule has 1 N–H and O–H groups in total. The Morgan fingerprint density at radius 3 is 2.54 bits per heavy atom. The van der Waals surface area contributed by atoms with Gasteiger partial charge in [-0.1, -0.05) is 31.1 Å². The second-order valence-corrected chi connectivity index (χ2v) is 9.53. The summed E-state index contributed by atoms with van der Waals surface area (Å²) in [5, 5.41) is 10.1. The molecule has 0 radical (unpaired) electrons. The summed E-state index contributed by atoms with van der Waals surface area (Å²) in [6, 6.07) is 0. The molecule has 132 valence electrons. The first-order valence-corrected chi connectivity index (χ1v) is 9.86. The molecule has 0 spiro atoms. The van der Waals surface area contributed by atoms with Gasteiger partial charge < -0.3 is 5.11 Å². The van der Waals surface area contributed by atoms with Crippen LogP contribution in [0.3, 0.4) is 0 Å². The highest BCUT2D eigenvalue weighted by Crippen LogP contribution is 2.65. The van der Waals surface area contributed by atoms with Crippen LogP contribution in [0.1, 0.15) is 72.6 Å². The average Bonchev–Trinajstić information content (AvgIpc) is 2.78. The van der Waals surface area contributed by atoms with E-state index in [0.717, 1.165) is 50.0 Å². The van der Waals surface area contributed by atoms with E-state index in [1.165, 1.54) is 17.6 Å². The van der Waals surface area contributed by atoms with Gasteiger partial charge in [-0.2, -0.15) is 0 Å². The van der Waals surface area contributed by atoms with Crippen LogP contribution in [-0.2, 0) is 4.79 Å².